The number of hydrogen-bond donors (Lipinski definition) is 0. The molecular weight excluding hydrogens is 286 g/mol. The van der Waals surface area contributed by atoms with E-state index in [4.69, 9.17) is 4.74 Å². The highest BCUT2D eigenvalue weighted by Crippen LogP contribution is 2.37. The molecule has 0 aromatic heterocycles. The second kappa shape index (κ2) is 7.78. The van der Waals surface area contributed by atoms with Crippen LogP contribution in [0.4, 0.5) is 0 Å². The molecule has 23 heavy (non-hydrogen) atoms. The molecule has 124 valence electrons. The molecule has 0 spiro atoms. The van der Waals surface area contributed by atoms with Gasteiger partial charge in [-0.1, -0.05) is 48.4 Å². The zero-order valence-corrected chi connectivity index (χ0v) is 14.0. The van der Waals surface area contributed by atoms with Crippen LogP contribution in [-0.2, 0) is 16.1 Å². The van der Waals surface area contributed by atoms with E-state index >= 15 is 0 Å². The highest BCUT2D eigenvalue weighted by molar-refractivity contribution is 5.71. The van der Waals surface area contributed by atoms with E-state index in [1.165, 1.54) is 30.4 Å². The Morgan fingerprint density at radius 3 is 2.57 bits per heavy atom. The van der Waals surface area contributed by atoms with Gasteiger partial charge in [-0.3, -0.25) is 9.69 Å². The van der Waals surface area contributed by atoms with Crippen molar-refractivity contribution in [2.24, 2.45) is 0 Å². The van der Waals surface area contributed by atoms with Gasteiger partial charge in [0.05, 0.1) is 13.0 Å². The van der Waals surface area contributed by atoms with Gasteiger partial charge in [-0.15, -0.1) is 0 Å². The fraction of sp³-hybridized carbons (Fsp3) is 0.550. The third kappa shape index (κ3) is 4.23. The monoisotopic (exact) mass is 313 g/mol. The molecular formula is C20H27NO2. The maximum absolute atomic E-state index is 11.6. The molecule has 2 saturated heterocycles. The molecule has 3 nitrogen and oxygen atoms in total. The van der Waals surface area contributed by atoms with Gasteiger partial charge in [0.15, 0.2) is 0 Å². The molecule has 0 N–H and O–H groups in total. The second-order valence-corrected chi connectivity index (χ2v) is 6.68. The number of esters is 1. The van der Waals surface area contributed by atoms with Crippen molar-refractivity contribution in [1.29, 1.82) is 0 Å². The summed E-state index contributed by atoms with van der Waals surface area (Å²) in [4.78, 5) is 14.3. The van der Waals surface area contributed by atoms with Gasteiger partial charge in [-0.05, 0) is 38.2 Å². The topological polar surface area (TPSA) is 29.5 Å². The molecule has 2 aliphatic heterocycles. The van der Waals surface area contributed by atoms with Crippen LogP contribution >= 0.6 is 0 Å². The van der Waals surface area contributed by atoms with Crippen molar-refractivity contribution in [3.05, 3.63) is 47.5 Å². The molecule has 0 aliphatic carbocycles. The minimum atomic E-state index is -0.100. The molecule has 2 aliphatic rings. The minimum absolute atomic E-state index is 0.100. The molecule has 2 heterocycles. The summed E-state index contributed by atoms with van der Waals surface area (Å²) in [6, 6.07) is 12.0. The fourth-order valence-electron chi connectivity index (χ4n) is 4.01. The molecule has 1 aromatic rings. The largest absolute Gasteiger partial charge is 0.466 e. The van der Waals surface area contributed by atoms with Crippen LogP contribution in [0.2, 0.25) is 0 Å². The van der Waals surface area contributed by atoms with Crippen molar-refractivity contribution in [3.8, 4) is 0 Å². The molecule has 0 amide bonds. The van der Waals surface area contributed by atoms with Crippen molar-refractivity contribution < 1.29 is 9.53 Å². The lowest BCUT2D eigenvalue weighted by Crippen LogP contribution is -2.49. The molecule has 3 heteroatoms. The summed E-state index contributed by atoms with van der Waals surface area (Å²) in [6.07, 6.45) is 8.68. The molecule has 1 aromatic carbocycles. The Labute approximate surface area is 139 Å². The van der Waals surface area contributed by atoms with Gasteiger partial charge in [0.1, 0.15) is 0 Å². The first-order valence-corrected chi connectivity index (χ1v) is 8.89. The third-order valence-electron chi connectivity index (χ3n) is 5.08. The van der Waals surface area contributed by atoms with E-state index in [9.17, 15) is 4.79 Å². The third-order valence-corrected chi connectivity index (χ3v) is 5.08. The lowest BCUT2D eigenvalue weighted by molar-refractivity contribution is -0.142. The SMILES string of the molecule is CCOC(=O)CC=C1CC2CCCC(C1)N2Cc1ccccc1. The van der Waals surface area contributed by atoms with Gasteiger partial charge >= 0.3 is 5.97 Å². The number of rotatable bonds is 5. The van der Waals surface area contributed by atoms with Crippen molar-refractivity contribution in [1.82, 2.24) is 4.90 Å². The second-order valence-electron chi connectivity index (χ2n) is 6.68. The lowest BCUT2D eigenvalue weighted by Gasteiger charge is -2.47. The summed E-state index contributed by atoms with van der Waals surface area (Å²) in [5.74, 6) is -0.100. The number of fused-ring (bicyclic) bond motifs is 2. The zero-order valence-electron chi connectivity index (χ0n) is 14.0. The molecule has 3 rings (SSSR count). The summed E-state index contributed by atoms with van der Waals surface area (Å²) < 4.78 is 5.03. The Bertz CT molecular complexity index is 536. The Balaban J connectivity index is 1.63. The maximum atomic E-state index is 11.6. The lowest BCUT2D eigenvalue weighted by atomic mass is 9.81. The van der Waals surface area contributed by atoms with Gasteiger partial charge < -0.3 is 4.74 Å². The smallest absolute Gasteiger partial charge is 0.309 e. The average Bonchev–Trinajstić information content (AvgIpc) is 2.54. The first-order chi connectivity index (χ1) is 11.3. The van der Waals surface area contributed by atoms with E-state index in [1.54, 1.807) is 0 Å². The van der Waals surface area contributed by atoms with E-state index in [2.05, 4.69) is 41.3 Å². The van der Waals surface area contributed by atoms with E-state index in [-0.39, 0.29) is 5.97 Å². The maximum Gasteiger partial charge on any atom is 0.309 e. The fourth-order valence-corrected chi connectivity index (χ4v) is 4.01. The van der Waals surface area contributed by atoms with E-state index in [1.807, 2.05) is 6.92 Å². The number of ether oxygens (including phenoxy) is 1. The van der Waals surface area contributed by atoms with Gasteiger partial charge in [0, 0.05) is 18.6 Å². The predicted octanol–water partition coefficient (Wildman–Crippen LogP) is 4.08. The van der Waals surface area contributed by atoms with Crippen molar-refractivity contribution >= 4 is 5.97 Å². The van der Waals surface area contributed by atoms with Gasteiger partial charge in [-0.25, -0.2) is 0 Å². The number of piperidine rings is 2. The standard InChI is InChI=1S/C20H27NO2/c1-2-23-20(22)12-11-17-13-18-9-6-10-19(14-17)21(18)15-16-7-4-3-5-8-16/h3-5,7-8,11,18-19H,2,6,9-10,12-15H2,1H3. The normalized spacial score (nSPS) is 24.3. The quantitative estimate of drug-likeness (QED) is 0.606. The Kier molecular flexibility index (Phi) is 5.50. The van der Waals surface area contributed by atoms with Crippen LogP contribution in [0, 0.1) is 0 Å². The first-order valence-electron chi connectivity index (χ1n) is 8.89. The Hall–Kier alpha value is -1.61. The van der Waals surface area contributed by atoms with Crippen LogP contribution in [0.3, 0.4) is 0 Å². The number of nitrogens with zero attached hydrogens (tertiary/aromatic N) is 1. The first kappa shape index (κ1) is 16.3. The number of carbonyl (C=O) groups is 1. The zero-order chi connectivity index (χ0) is 16.1. The highest BCUT2D eigenvalue weighted by Gasteiger charge is 2.35. The predicted molar refractivity (Wildman–Crippen MR) is 92.0 cm³/mol. The van der Waals surface area contributed by atoms with Crippen LogP contribution < -0.4 is 0 Å². The summed E-state index contributed by atoms with van der Waals surface area (Å²) in [6.45, 7) is 3.39. The van der Waals surface area contributed by atoms with Crippen molar-refractivity contribution in [3.63, 3.8) is 0 Å². The molecule has 0 radical (unpaired) electrons. The van der Waals surface area contributed by atoms with Gasteiger partial charge in [-0.2, -0.15) is 0 Å². The molecule has 2 unspecified atom stereocenters. The van der Waals surface area contributed by atoms with Gasteiger partial charge in [0.25, 0.3) is 0 Å². The molecule has 2 fully saturated rings. The number of benzene rings is 1. The van der Waals surface area contributed by atoms with Crippen LogP contribution in [0.25, 0.3) is 0 Å². The van der Waals surface area contributed by atoms with Crippen molar-refractivity contribution in [2.75, 3.05) is 6.61 Å². The number of hydrogen-bond acceptors (Lipinski definition) is 3. The van der Waals surface area contributed by atoms with Crippen molar-refractivity contribution in [2.45, 2.75) is 64.1 Å². The van der Waals surface area contributed by atoms with Crippen LogP contribution in [0.15, 0.2) is 42.0 Å². The number of carbonyl (C=O) groups excluding carboxylic acids is 1. The van der Waals surface area contributed by atoms with Gasteiger partial charge in [0.2, 0.25) is 0 Å². The summed E-state index contributed by atoms with van der Waals surface area (Å²) in [5, 5.41) is 0. The average molecular weight is 313 g/mol. The van der Waals surface area contributed by atoms with Crippen LogP contribution in [0.1, 0.15) is 51.0 Å². The summed E-state index contributed by atoms with van der Waals surface area (Å²) in [7, 11) is 0. The molecule has 0 saturated carbocycles. The van der Waals surface area contributed by atoms with E-state index < -0.39 is 0 Å². The molecule has 2 atom stereocenters. The Morgan fingerprint density at radius 2 is 1.91 bits per heavy atom. The van der Waals surface area contributed by atoms with E-state index in [0.29, 0.717) is 25.1 Å². The van der Waals surface area contributed by atoms with Crippen LogP contribution in [0.5, 0.6) is 0 Å². The highest BCUT2D eigenvalue weighted by atomic mass is 16.5. The Morgan fingerprint density at radius 1 is 1.22 bits per heavy atom. The summed E-state index contributed by atoms with van der Waals surface area (Å²) in [5.41, 5.74) is 2.86. The van der Waals surface area contributed by atoms with Crippen LogP contribution in [-0.4, -0.2) is 29.6 Å². The molecule has 2 bridgehead atoms. The summed E-state index contributed by atoms with van der Waals surface area (Å²) >= 11 is 0. The van der Waals surface area contributed by atoms with E-state index in [0.717, 1.165) is 19.4 Å². The minimum Gasteiger partial charge on any atom is -0.466 e.